The highest BCUT2D eigenvalue weighted by atomic mass is 32.1. The molecule has 4 N–H and O–H groups in total. The normalized spacial score (nSPS) is 24.0. The van der Waals surface area contributed by atoms with Crippen molar-refractivity contribution in [3.05, 3.63) is 51.2 Å². The predicted molar refractivity (Wildman–Crippen MR) is 187 cm³/mol. The molecule has 4 unspecified atom stereocenters. The maximum atomic E-state index is 10.2. The number of rotatable bonds is 4. The van der Waals surface area contributed by atoms with Crippen molar-refractivity contribution in [3.63, 3.8) is 0 Å². The number of fused-ring (bicyclic) bond motifs is 4. The van der Waals surface area contributed by atoms with E-state index in [-0.39, 0.29) is 12.1 Å². The SMILES string of the molecule is CC(C1CCCN1C)n1nc2c3c(nc(-c4noc5c4CCCC54CCCc5sc(N)c(C#N)c54)nc31)N(C)C(c1cccnc1N)CO2. The fourth-order valence-electron chi connectivity index (χ4n) is 9.09. The zero-order valence-electron chi connectivity index (χ0n) is 27.9. The molecule has 14 heteroatoms. The van der Waals surface area contributed by atoms with E-state index in [2.05, 4.69) is 34.8 Å². The van der Waals surface area contributed by atoms with E-state index in [9.17, 15) is 5.26 Å². The molecule has 0 saturated carbocycles. The number of hydrogen-bond acceptors (Lipinski definition) is 13. The minimum absolute atomic E-state index is 0.0426. The Balaban J connectivity index is 1.24. The van der Waals surface area contributed by atoms with Gasteiger partial charge in [-0.3, -0.25) is 0 Å². The standard InChI is InChI=1S/C35H39N11O2S/c1-18(22-10-7-15-44(22)2)46-33-25-32(45(3)23(17-47-34(25)42-46)19-9-6-14-39-29(19)37)40-31(41-33)27-20-8-4-12-35(28(20)48-43-27)13-5-11-24-26(35)21(16-36)30(38)49-24/h6,9,14,18,22-23H,4-5,7-8,10-13,15,17,38H2,1-3H3,(H2,37,39). The number of anilines is 3. The Bertz CT molecular complexity index is 2160. The molecule has 4 aliphatic rings. The number of hydrogen-bond donors (Lipinski definition) is 2. The van der Waals surface area contributed by atoms with Crippen LogP contribution in [-0.4, -0.2) is 68.1 Å². The Kier molecular flexibility index (Phi) is 6.90. The number of nitrogens with zero attached hydrogens (tertiary/aromatic N) is 9. The molecule has 0 radical (unpaired) electrons. The van der Waals surface area contributed by atoms with Crippen LogP contribution in [0.3, 0.4) is 0 Å². The van der Waals surface area contributed by atoms with Gasteiger partial charge in [0.25, 0.3) is 0 Å². The smallest absolute Gasteiger partial charge is 0.246 e. The topological polar surface area (TPSA) is 174 Å². The lowest BCUT2D eigenvalue weighted by atomic mass is 9.63. The number of nitrogens with two attached hydrogens (primary N) is 2. The fourth-order valence-corrected chi connectivity index (χ4v) is 10.2. The quantitative estimate of drug-likeness (QED) is 0.256. The molecule has 13 nitrogen and oxygen atoms in total. The third kappa shape index (κ3) is 4.34. The Morgan fingerprint density at radius 3 is 2.76 bits per heavy atom. The van der Waals surface area contributed by atoms with Crippen LogP contribution in [0.2, 0.25) is 0 Å². The van der Waals surface area contributed by atoms with Gasteiger partial charge in [-0.2, -0.15) is 5.26 Å². The number of likely N-dealkylation sites (N-methyl/N-ethyl adjacent to an activating group) is 2. The van der Waals surface area contributed by atoms with Crippen LogP contribution in [0, 0.1) is 11.3 Å². The average molecular weight is 678 g/mol. The second-order valence-electron chi connectivity index (χ2n) is 14.0. The first-order valence-corrected chi connectivity index (χ1v) is 18.0. The van der Waals surface area contributed by atoms with Crippen LogP contribution in [0.5, 0.6) is 5.88 Å². The second-order valence-corrected chi connectivity index (χ2v) is 15.2. The molecule has 252 valence electrons. The van der Waals surface area contributed by atoms with Gasteiger partial charge < -0.3 is 30.5 Å². The summed E-state index contributed by atoms with van der Waals surface area (Å²) in [5.41, 5.74) is 17.2. The minimum atomic E-state index is -0.439. The van der Waals surface area contributed by atoms with Gasteiger partial charge in [0.1, 0.15) is 34.7 Å². The predicted octanol–water partition coefficient (Wildman–Crippen LogP) is 5.16. The molecule has 9 rings (SSSR count). The van der Waals surface area contributed by atoms with Gasteiger partial charge in [-0.1, -0.05) is 11.2 Å². The van der Waals surface area contributed by atoms with Gasteiger partial charge in [-0.05, 0) is 83.5 Å². The molecule has 1 fully saturated rings. The van der Waals surface area contributed by atoms with Gasteiger partial charge in [0.15, 0.2) is 22.9 Å². The monoisotopic (exact) mass is 677 g/mol. The average Bonchev–Trinajstić information content (AvgIpc) is 3.88. The van der Waals surface area contributed by atoms with Crippen molar-refractivity contribution in [1.29, 1.82) is 5.26 Å². The van der Waals surface area contributed by atoms with Crippen molar-refractivity contribution < 1.29 is 9.26 Å². The number of aryl methyl sites for hydroxylation is 1. The van der Waals surface area contributed by atoms with Crippen LogP contribution in [0.15, 0.2) is 22.9 Å². The first-order chi connectivity index (χ1) is 23.8. The molecular weight excluding hydrogens is 639 g/mol. The molecule has 49 heavy (non-hydrogen) atoms. The van der Waals surface area contributed by atoms with Crippen molar-refractivity contribution in [3.8, 4) is 23.5 Å². The van der Waals surface area contributed by atoms with Gasteiger partial charge in [-0.15, -0.1) is 16.4 Å². The van der Waals surface area contributed by atoms with Crippen LogP contribution in [0.1, 0.15) is 90.4 Å². The van der Waals surface area contributed by atoms with E-state index in [1.54, 1.807) is 17.5 Å². The summed E-state index contributed by atoms with van der Waals surface area (Å²) in [5.74, 6) is 2.96. The van der Waals surface area contributed by atoms with Crippen molar-refractivity contribution >= 4 is 39.0 Å². The van der Waals surface area contributed by atoms with Gasteiger partial charge >= 0.3 is 0 Å². The highest BCUT2D eigenvalue weighted by Crippen LogP contribution is 2.55. The van der Waals surface area contributed by atoms with E-state index in [0.29, 0.717) is 57.9 Å². The number of pyridine rings is 1. The van der Waals surface area contributed by atoms with E-state index < -0.39 is 5.41 Å². The lowest BCUT2D eigenvalue weighted by Crippen LogP contribution is -2.35. The van der Waals surface area contributed by atoms with Crippen LogP contribution >= 0.6 is 11.3 Å². The largest absolute Gasteiger partial charge is 0.473 e. The number of ether oxygens (including phenoxy) is 1. The molecule has 2 aliphatic heterocycles. The van der Waals surface area contributed by atoms with Crippen molar-refractivity contribution in [2.24, 2.45) is 0 Å². The highest BCUT2D eigenvalue weighted by Gasteiger charge is 2.49. The maximum absolute atomic E-state index is 10.2. The van der Waals surface area contributed by atoms with Gasteiger partial charge in [0.2, 0.25) is 5.88 Å². The van der Waals surface area contributed by atoms with Crippen LogP contribution < -0.4 is 21.1 Å². The molecule has 5 aromatic heterocycles. The Morgan fingerprint density at radius 1 is 1.14 bits per heavy atom. The zero-order valence-corrected chi connectivity index (χ0v) is 28.8. The number of aromatic nitrogens is 6. The van der Waals surface area contributed by atoms with Crippen LogP contribution in [0.4, 0.5) is 16.6 Å². The van der Waals surface area contributed by atoms with E-state index in [1.165, 1.54) is 4.88 Å². The summed E-state index contributed by atoms with van der Waals surface area (Å²) in [6.45, 7) is 3.58. The summed E-state index contributed by atoms with van der Waals surface area (Å²) in [4.78, 5) is 20.5. The lowest BCUT2D eigenvalue weighted by Gasteiger charge is -2.39. The molecule has 1 saturated heterocycles. The summed E-state index contributed by atoms with van der Waals surface area (Å²) in [7, 11) is 4.18. The van der Waals surface area contributed by atoms with Crippen LogP contribution in [0.25, 0.3) is 22.6 Å². The van der Waals surface area contributed by atoms with Crippen LogP contribution in [-0.2, 0) is 18.3 Å². The number of nitrogen functional groups attached to an aromatic ring is 2. The van der Waals surface area contributed by atoms with E-state index >= 15 is 0 Å². The van der Waals surface area contributed by atoms with Gasteiger partial charge in [0, 0.05) is 35.3 Å². The first-order valence-electron chi connectivity index (χ1n) is 17.2. The molecule has 5 aromatic rings. The third-order valence-corrected chi connectivity index (χ3v) is 12.6. The third-order valence-electron chi connectivity index (χ3n) is 11.5. The maximum Gasteiger partial charge on any atom is 0.246 e. The Labute approximate surface area is 287 Å². The molecule has 4 atom stereocenters. The Morgan fingerprint density at radius 2 is 1.98 bits per heavy atom. The van der Waals surface area contributed by atoms with E-state index in [0.717, 1.165) is 85.7 Å². The van der Waals surface area contributed by atoms with Crippen molar-refractivity contribution in [1.82, 2.24) is 34.8 Å². The summed E-state index contributed by atoms with van der Waals surface area (Å²) >= 11 is 1.54. The zero-order chi connectivity index (χ0) is 33.6. The van der Waals surface area contributed by atoms with Crippen molar-refractivity contribution in [2.75, 3.05) is 43.6 Å². The van der Waals surface area contributed by atoms with Gasteiger partial charge in [0.05, 0.1) is 23.1 Å². The molecule has 0 bridgehead atoms. The number of likely N-dealkylation sites (tertiary alicyclic amines) is 1. The summed E-state index contributed by atoms with van der Waals surface area (Å²) in [6.07, 6.45) is 9.32. The molecular formula is C35H39N11O2S. The lowest BCUT2D eigenvalue weighted by molar-refractivity contribution is 0.225. The molecule has 0 amide bonds. The molecule has 2 aliphatic carbocycles. The first kappa shape index (κ1) is 30.3. The van der Waals surface area contributed by atoms with Gasteiger partial charge in [-0.25, -0.2) is 19.6 Å². The molecule has 1 spiro atoms. The summed E-state index contributed by atoms with van der Waals surface area (Å²) in [5, 5.41) is 21.3. The number of nitriles is 1. The summed E-state index contributed by atoms with van der Waals surface area (Å²) in [6, 6.07) is 6.38. The van der Waals surface area contributed by atoms with E-state index in [4.69, 9.17) is 41.0 Å². The Hall–Kier alpha value is -4.74. The molecule has 7 heterocycles. The highest BCUT2D eigenvalue weighted by molar-refractivity contribution is 7.16. The summed E-state index contributed by atoms with van der Waals surface area (Å²) < 4.78 is 14.9. The van der Waals surface area contributed by atoms with Crippen molar-refractivity contribution in [2.45, 2.75) is 81.8 Å². The van der Waals surface area contributed by atoms with E-state index in [1.807, 2.05) is 23.9 Å². The fraction of sp³-hybridized carbons (Fsp3) is 0.486. The second kappa shape index (κ2) is 11.1. The minimum Gasteiger partial charge on any atom is -0.473 e. The molecule has 0 aromatic carbocycles. The number of thiophene rings is 1.